The summed E-state index contributed by atoms with van der Waals surface area (Å²) in [5, 5.41) is 18.0. The number of nitro benzene ring substituents is 1. The van der Waals surface area contributed by atoms with E-state index < -0.39 is 43.8 Å². The van der Waals surface area contributed by atoms with Crippen LogP contribution in [-0.4, -0.2) is 25.2 Å². The van der Waals surface area contributed by atoms with E-state index in [1.54, 1.807) is 31.2 Å². The Hall–Kier alpha value is -4.03. The van der Waals surface area contributed by atoms with E-state index in [2.05, 4.69) is 5.32 Å². The van der Waals surface area contributed by atoms with Crippen LogP contribution in [0.25, 0.3) is 0 Å². The van der Waals surface area contributed by atoms with Gasteiger partial charge in [-0.05, 0) is 30.7 Å². The van der Waals surface area contributed by atoms with Crippen molar-refractivity contribution >= 4 is 33.3 Å². The molecule has 0 aliphatic carbocycles. The van der Waals surface area contributed by atoms with Gasteiger partial charge in [-0.3, -0.25) is 14.9 Å². The number of carbonyl (C=O) groups excluding carboxylic acids is 2. The number of nitrogens with one attached hydrogen (secondary N) is 1. The van der Waals surface area contributed by atoms with E-state index >= 15 is 0 Å². The molecule has 1 amide bonds. The van der Waals surface area contributed by atoms with Crippen LogP contribution in [0.2, 0.25) is 0 Å². The van der Waals surface area contributed by atoms with Crippen molar-refractivity contribution in [2.45, 2.75) is 18.1 Å². The Kier molecular flexibility index (Phi) is 6.37. The molecule has 0 fully saturated rings. The number of nitrogens with zero attached hydrogens (tertiary/aromatic N) is 1. The summed E-state index contributed by atoms with van der Waals surface area (Å²) in [5.41, 5.74) is 0.466. The molecule has 1 atom stereocenters. The molecule has 0 bridgehead atoms. The van der Waals surface area contributed by atoms with E-state index in [-0.39, 0.29) is 16.9 Å². The number of amides is 1. The largest absolute Gasteiger partial charge is 0.441 e. The molecule has 0 radical (unpaired) electrons. The maximum atomic E-state index is 12.9. The average Bonchev–Trinajstić information content (AvgIpc) is 3.24. The number of sulfonamides is 1. The Balaban J connectivity index is 1.90. The van der Waals surface area contributed by atoms with Gasteiger partial charge in [0.05, 0.1) is 4.92 Å². The van der Waals surface area contributed by atoms with E-state index in [9.17, 15) is 28.1 Å². The zero-order valence-corrected chi connectivity index (χ0v) is 17.4. The number of anilines is 1. The zero-order chi connectivity index (χ0) is 23.5. The number of carbonyl (C=O) groups is 2. The van der Waals surface area contributed by atoms with Crippen LogP contribution in [0.15, 0.2) is 70.2 Å². The molecule has 2 aromatic carbocycles. The number of hydrogen-bond donors (Lipinski definition) is 2. The third kappa shape index (κ3) is 5.17. The van der Waals surface area contributed by atoms with Gasteiger partial charge in [-0.2, -0.15) is 0 Å². The van der Waals surface area contributed by atoms with Crippen LogP contribution in [0.1, 0.15) is 27.8 Å². The summed E-state index contributed by atoms with van der Waals surface area (Å²) in [5.74, 6) is -2.50. The Morgan fingerprint density at radius 3 is 2.41 bits per heavy atom. The number of furan rings is 1. The first-order valence-corrected chi connectivity index (χ1v) is 10.6. The summed E-state index contributed by atoms with van der Waals surface area (Å²) in [6, 6.07) is 14.1. The first-order valence-electron chi connectivity index (χ1n) is 9.00. The minimum Gasteiger partial charge on any atom is -0.441 e. The molecule has 166 valence electrons. The lowest BCUT2D eigenvalue weighted by Crippen LogP contribution is -2.26. The number of rotatable bonds is 7. The van der Waals surface area contributed by atoms with Crippen molar-refractivity contribution in [2.75, 3.05) is 5.32 Å². The molecule has 1 heterocycles. The number of esters is 1. The highest BCUT2D eigenvalue weighted by Crippen LogP contribution is 2.28. The van der Waals surface area contributed by atoms with Gasteiger partial charge in [0.15, 0.2) is 0 Å². The second-order valence-electron chi connectivity index (χ2n) is 6.63. The molecular formula is C20H17N3O8S. The number of aryl methyl sites for hydroxylation is 1. The maximum Gasteiger partial charge on any atom is 0.375 e. The molecule has 0 aliphatic heterocycles. The fourth-order valence-electron chi connectivity index (χ4n) is 2.75. The standard InChI is InChI=1S/C20H17N3O8S/c1-12-7-8-14(15(11-12)23(26)27)22-19(24)18(13-5-3-2-4-6-13)31-20(25)16-9-10-17(30-16)32(21,28)29/h2-11,18H,1H3,(H,22,24)(H2,21,28,29). The van der Waals surface area contributed by atoms with Gasteiger partial charge < -0.3 is 14.5 Å². The molecule has 12 heteroatoms. The van der Waals surface area contributed by atoms with Gasteiger partial charge in [-0.25, -0.2) is 18.4 Å². The predicted molar refractivity (Wildman–Crippen MR) is 111 cm³/mol. The lowest BCUT2D eigenvalue weighted by Gasteiger charge is -2.17. The summed E-state index contributed by atoms with van der Waals surface area (Å²) in [4.78, 5) is 36.1. The van der Waals surface area contributed by atoms with Crippen LogP contribution in [0.5, 0.6) is 0 Å². The van der Waals surface area contributed by atoms with E-state index in [0.717, 1.165) is 12.1 Å². The second kappa shape index (κ2) is 8.99. The van der Waals surface area contributed by atoms with E-state index in [1.807, 2.05) is 0 Å². The Morgan fingerprint density at radius 2 is 1.81 bits per heavy atom. The Labute approximate surface area is 182 Å². The summed E-state index contributed by atoms with van der Waals surface area (Å²) in [7, 11) is -4.19. The fraction of sp³-hybridized carbons (Fsp3) is 0.100. The number of ether oxygens (including phenoxy) is 1. The van der Waals surface area contributed by atoms with Crippen molar-refractivity contribution in [3.8, 4) is 0 Å². The molecule has 0 saturated carbocycles. The normalized spacial score (nSPS) is 12.1. The summed E-state index contributed by atoms with van der Waals surface area (Å²) >= 11 is 0. The molecule has 3 aromatic rings. The van der Waals surface area contributed by atoms with Crippen molar-refractivity contribution in [1.82, 2.24) is 0 Å². The van der Waals surface area contributed by atoms with Gasteiger partial charge >= 0.3 is 5.97 Å². The van der Waals surface area contributed by atoms with Crippen LogP contribution in [0.3, 0.4) is 0 Å². The quantitative estimate of drug-likeness (QED) is 0.308. The maximum absolute atomic E-state index is 12.9. The Bertz CT molecular complexity index is 1290. The number of primary sulfonamides is 1. The van der Waals surface area contributed by atoms with Crippen molar-refractivity contribution < 1.29 is 32.1 Å². The minimum absolute atomic E-state index is 0.0860. The molecule has 1 unspecified atom stereocenters. The van der Waals surface area contributed by atoms with Gasteiger partial charge in [-0.1, -0.05) is 36.4 Å². The SMILES string of the molecule is Cc1ccc(NC(=O)C(OC(=O)c2ccc(S(N)(=O)=O)o2)c2ccccc2)c([N+](=O)[O-])c1. The molecule has 1 aromatic heterocycles. The molecule has 0 aliphatic rings. The van der Waals surface area contributed by atoms with Gasteiger partial charge in [0, 0.05) is 11.6 Å². The van der Waals surface area contributed by atoms with E-state index in [0.29, 0.717) is 5.56 Å². The second-order valence-corrected chi connectivity index (χ2v) is 8.12. The van der Waals surface area contributed by atoms with E-state index in [4.69, 9.17) is 14.3 Å². The minimum atomic E-state index is -4.19. The van der Waals surface area contributed by atoms with Crippen molar-refractivity contribution in [1.29, 1.82) is 0 Å². The molecule has 0 spiro atoms. The lowest BCUT2D eigenvalue weighted by molar-refractivity contribution is -0.384. The van der Waals surface area contributed by atoms with Gasteiger partial charge in [0.2, 0.25) is 17.0 Å². The molecule has 3 N–H and O–H groups in total. The smallest absolute Gasteiger partial charge is 0.375 e. The summed E-state index contributed by atoms with van der Waals surface area (Å²) < 4.78 is 32.9. The van der Waals surface area contributed by atoms with Crippen LogP contribution in [-0.2, 0) is 19.6 Å². The number of benzene rings is 2. The van der Waals surface area contributed by atoms with Gasteiger partial charge in [0.25, 0.3) is 21.6 Å². The first-order chi connectivity index (χ1) is 15.1. The fourth-order valence-corrected chi connectivity index (χ4v) is 3.21. The first kappa shape index (κ1) is 22.7. The Morgan fingerprint density at radius 1 is 1.12 bits per heavy atom. The third-order valence-corrected chi connectivity index (χ3v) is 5.02. The third-order valence-electron chi connectivity index (χ3n) is 4.24. The predicted octanol–water partition coefficient (Wildman–Crippen LogP) is 2.68. The van der Waals surface area contributed by atoms with Gasteiger partial charge in [0.1, 0.15) is 5.69 Å². The summed E-state index contributed by atoms with van der Waals surface area (Å²) in [6.07, 6.45) is -1.52. The average molecular weight is 459 g/mol. The highest BCUT2D eigenvalue weighted by molar-refractivity contribution is 7.89. The lowest BCUT2D eigenvalue weighted by atomic mass is 10.1. The highest BCUT2D eigenvalue weighted by Gasteiger charge is 2.29. The number of nitrogens with two attached hydrogens (primary N) is 1. The van der Waals surface area contributed by atoms with Crippen LogP contribution in [0, 0.1) is 17.0 Å². The van der Waals surface area contributed by atoms with E-state index in [1.165, 1.54) is 24.3 Å². The molecule has 3 rings (SSSR count). The zero-order valence-electron chi connectivity index (χ0n) is 16.5. The summed E-state index contributed by atoms with van der Waals surface area (Å²) in [6.45, 7) is 1.66. The molecule has 0 saturated heterocycles. The topological polar surface area (TPSA) is 172 Å². The molecule has 32 heavy (non-hydrogen) atoms. The molecule has 11 nitrogen and oxygen atoms in total. The number of nitro groups is 1. The van der Waals surface area contributed by atoms with Crippen LogP contribution in [0.4, 0.5) is 11.4 Å². The van der Waals surface area contributed by atoms with Crippen molar-refractivity contribution in [3.05, 3.63) is 87.7 Å². The molecular weight excluding hydrogens is 442 g/mol. The monoisotopic (exact) mass is 459 g/mol. The van der Waals surface area contributed by atoms with Crippen LogP contribution < -0.4 is 10.5 Å². The number of hydrogen-bond acceptors (Lipinski definition) is 8. The van der Waals surface area contributed by atoms with Gasteiger partial charge in [-0.15, -0.1) is 0 Å². The highest BCUT2D eigenvalue weighted by atomic mass is 32.2. The van der Waals surface area contributed by atoms with Crippen molar-refractivity contribution in [2.24, 2.45) is 5.14 Å². The van der Waals surface area contributed by atoms with Crippen LogP contribution >= 0.6 is 0 Å². The van der Waals surface area contributed by atoms with Crippen molar-refractivity contribution in [3.63, 3.8) is 0 Å².